The lowest BCUT2D eigenvalue weighted by Crippen LogP contribution is -2.47. The van der Waals surface area contributed by atoms with Crippen molar-refractivity contribution in [1.29, 1.82) is 0 Å². The van der Waals surface area contributed by atoms with Gasteiger partial charge in [0.1, 0.15) is 97.7 Å². The molecule has 6 rings (SSSR count). The molecule has 16 atom stereocenters. The first kappa shape index (κ1) is 87.5. The molecule has 546 valence electrons. The first-order valence-corrected chi connectivity index (χ1v) is 35.0. The molecule has 0 aromatic carbocycles. The maximum absolute atomic E-state index is 10.9. The summed E-state index contributed by atoms with van der Waals surface area (Å²) < 4.78 is 84.9. The predicted octanol–water partition coefficient (Wildman–Crippen LogP) is 5.63. The Morgan fingerprint density at radius 3 is 1.27 bits per heavy atom. The fraction of sp³-hybridized carbons (Fsp3) is 0.922. The van der Waals surface area contributed by atoms with Crippen molar-refractivity contribution in [2.75, 3.05) is 89.5 Å². The number of rotatable bonds is 35. The summed E-state index contributed by atoms with van der Waals surface area (Å²) in [6, 6.07) is 0. The van der Waals surface area contributed by atoms with Crippen LogP contribution in [0.1, 0.15) is 156 Å². The van der Waals surface area contributed by atoms with Crippen LogP contribution in [0.4, 0.5) is 0 Å². The van der Waals surface area contributed by atoms with E-state index in [0.29, 0.717) is 52.9 Å². The maximum atomic E-state index is 10.9. The molecule has 6 aliphatic heterocycles. The summed E-state index contributed by atoms with van der Waals surface area (Å²) in [5, 5.41) is 88.2. The Hall–Kier alpha value is -0.630. The van der Waals surface area contributed by atoms with Crippen LogP contribution in [0.3, 0.4) is 0 Å². The molecule has 28 heteroatoms. The Balaban J connectivity index is 0.000000607. The van der Waals surface area contributed by atoms with Crippen molar-refractivity contribution < 1.29 is 123 Å². The summed E-state index contributed by atoms with van der Waals surface area (Å²) in [4.78, 5) is 10.9. The van der Waals surface area contributed by atoms with Crippen LogP contribution in [-0.2, 0) is 75.8 Å². The first-order chi connectivity index (χ1) is 43.0. The summed E-state index contributed by atoms with van der Waals surface area (Å²) in [6.45, 7) is 32.9. The summed E-state index contributed by atoms with van der Waals surface area (Å²) in [5.74, 6) is -2.74. The smallest absolute Gasteiger partial charge is 0.185 e. The van der Waals surface area contributed by atoms with Gasteiger partial charge in [-0.2, -0.15) is 12.6 Å². The van der Waals surface area contributed by atoms with Gasteiger partial charge in [0.15, 0.2) is 39.8 Å². The van der Waals surface area contributed by atoms with Gasteiger partial charge in [-0.15, -0.1) is 13.2 Å². The number of carbonyl (C=O) groups excluding carboxylic acids is 1. The average molecular weight is 1430 g/mol. The second kappa shape index (κ2) is 43.8. The molecule has 6 saturated heterocycles. The van der Waals surface area contributed by atoms with Crippen LogP contribution in [0.5, 0.6) is 0 Å². The largest absolute Gasteiger partial charge is 0.394 e. The number of hydrogen-bond acceptors (Lipinski definition) is 27. The summed E-state index contributed by atoms with van der Waals surface area (Å²) >= 11 is 8.74. The van der Waals surface area contributed by atoms with Gasteiger partial charge in [-0.3, -0.25) is 4.79 Å². The molecule has 0 radical (unpaired) electrons. The van der Waals surface area contributed by atoms with Crippen molar-refractivity contribution in [2.24, 2.45) is 0 Å². The minimum Gasteiger partial charge on any atom is -0.394 e. The van der Waals surface area contributed by atoms with E-state index in [1.54, 1.807) is 34.6 Å². The number of thiol groups is 1. The Labute approximate surface area is 567 Å². The minimum atomic E-state index is -1.60. The summed E-state index contributed by atoms with van der Waals surface area (Å²) in [6.07, 6.45) is 0.942. The Bertz CT molecular complexity index is 2000. The van der Waals surface area contributed by atoms with E-state index in [1.807, 2.05) is 67.5 Å². The zero-order valence-corrected chi connectivity index (χ0v) is 60.4. The van der Waals surface area contributed by atoms with Crippen molar-refractivity contribution in [3.05, 3.63) is 25.3 Å². The molecule has 0 amide bonds. The normalized spacial score (nSPS) is 29.3. The van der Waals surface area contributed by atoms with Crippen molar-refractivity contribution in [2.45, 2.75) is 287 Å². The SMILES string of the molecule is C=CCCCBr.C=CCCCOC[C@H]1OC(C)(C)O[C@H]1[C@H](O)[C@H]1COC(C)(C)O1.CC(=O)SCCCCCOC[C@H]1OC(C)(C)O[C@H]1[C@H](O)[C@H]1COC(C)(C)O1.CC1(C)OC[C@H]([C@@H](O)[C@@H]2OC(C)(C)O[C@@H]2CO)O1.OC[C@@H](O)[C@@H](O)[C@H](O)[C@H](O)COCCCCCS.[HH]. The average Bonchev–Trinajstić information content (AvgIpc) is 1.67. The lowest BCUT2D eigenvalue weighted by molar-refractivity contribution is -0.179. The third-order valence-electron chi connectivity index (χ3n) is 14.7. The number of allylic oxidation sites excluding steroid dienone is 2. The predicted molar refractivity (Wildman–Crippen MR) is 354 cm³/mol. The molecule has 0 unspecified atom stereocenters. The molecule has 9 N–H and O–H groups in total. The van der Waals surface area contributed by atoms with Gasteiger partial charge in [-0.25, -0.2) is 0 Å². The molecule has 0 bridgehead atoms. The van der Waals surface area contributed by atoms with Crippen molar-refractivity contribution in [3.8, 4) is 0 Å². The second-order valence-electron chi connectivity index (χ2n) is 25.9. The number of thioether (sulfide) groups is 1. The van der Waals surface area contributed by atoms with Crippen LogP contribution in [0.2, 0.25) is 0 Å². The van der Waals surface area contributed by atoms with E-state index in [9.17, 15) is 40.5 Å². The maximum Gasteiger partial charge on any atom is 0.185 e. The van der Waals surface area contributed by atoms with Crippen molar-refractivity contribution >= 4 is 45.4 Å². The molecule has 6 aliphatic rings. The fourth-order valence-corrected chi connectivity index (χ4v) is 11.3. The summed E-state index contributed by atoms with van der Waals surface area (Å²) in [5.41, 5.74) is 0. The molecular formula is C64H121BrO25S2. The minimum absolute atomic E-state index is 0. The number of alkyl halides is 1. The van der Waals surface area contributed by atoms with E-state index in [0.717, 1.165) is 74.6 Å². The lowest BCUT2D eigenvalue weighted by atomic mass is 10.0. The van der Waals surface area contributed by atoms with E-state index in [1.165, 1.54) is 18.2 Å². The van der Waals surface area contributed by atoms with E-state index in [-0.39, 0.29) is 32.0 Å². The third kappa shape index (κ3) is 34.0. The monoisotopic (exact) mass is 1430 g/mol. The van der Waals surface area contributed by atoms with Crippen LogP contribution in [-0.4, -0.2) is 273 Å². The van der Waals surface area contributed by atoms with Gasteiger partial charge in [0.25, 0.3) is 0 Å². The number of aliphatic hydroxyl groups excluding tert-OH is 9. The van der Waals surface area contributed by atoms with Crippen LogP contribution >= 0.6 is 40.3 Å². The van der Waals surface area contributed by atoms with Crippen LogP contribution < -0.4 is 0 Å². The van der Waals surface area contributed by atoms with E-state index in [4.69, 9.17) is 81.3 Å². The summed E-state index contributed by atoms with van der Waals surface area (Å²) in [7, 11) is 0. The number of aliphatic hydroxyl groups is 9. The second-order valence-corrected chi connectivity index (χ2v) is 28.4. The highest BCUT2D eigenvalue weighted by Gasteiger charge is 2.53. The van der Waals surface area contributed by atoms with Crippen molar-refractivity contribution in [1.82, 2.24) is 0 Å². The number of ether oxygens (including phenoxy) is 15. The molecule has 6 heterocycles. The standard InChI is InChI=1S/C19H34O7S.C17H30O6.C12H22O6.C11H24O6S.C5H9Br.H2/c1-13(20)27-10-8-6-7-9-22-11-15-17(26-19(4,5)25-15)16(21)14-12-23-18(2,3)24-14;1-6-7-8-9-19-10-13-15(23-17(4,5)22-13)14(18)12-11-20-16(2,3)21-12;1-11(2)15-6-8(17-11)9(14)10-7(5-13)16-12(3,4)18-10;12-6-8(13)10(15)11(16)9(14)7-17-4-2-1-3-5-18;1-2-3-4-5-6;/h14-17,21H,6-12H2,1-5H3;6,12-15,18H,1,7-11H2,2-5H3;7-10,13-14H,5-6H2,1-4H3;8-16,18H,1-7H2;2H,1,3-5H2;1H/t14-,15-,16-,17-;12-,13-,14-,15-;7-,8-,9-,10-;8-,9-,10-,11-;;/m1111../s1. The number of halogens is 1. The van der Waals surface area contributed by atoms with Gasteiger partial charge in [0.2, 0.25) is 0 Å². The van der Waals surface area contributed by atoms with Gasteiger partial charge in [-0.1, -0.05) is 52.7 Å². The molecule has 92 heavy (non-hydrogen) atoms. The highest BCUT2D eigenvalue weighted by atomic mass is 79.9. The van der Waals surface area contributed by atoms with Crippen molar-refractivity contribution in [3.63, 3.8) is 0 Å². The van der Waals surface area contributed by atoms with Gasteiger partial charge in [0, 0.05) is 39.3 Å². The molecule has 0 aliphatic carbocycles. The molecule has 0 aromatic rings. The van der Waals surface area contributed by atoms with Gasteiger partial charge >= 0.3 is 0 Å². The Kier molecular flexibility index (Phi) is 41.6. The lowest BCUT2D eigenvalue weighted by Gasteiger charge is -2.27. The van der Waals surface area contributed by atoms with Gasteiger partial charge in [0.05, 0.1) is 52.9 Å². The molecule has 0 aromatic heterocycles. The third-order valence-corrected chi connectivity index (χ3v) is 16.5. The quantitative estimate of drug-likeness (QED) is 0.0159. The van der Waals surface area contributed by atoms with E-state index >= 15 is 0 Å². The topological polar surface area (TPSA) is 338 Å². The Morgan fingerprint density at radius 1 is 0.533 bits per heavy atom. The highest BCUT2D eigenvalue weighted by molar-refractivity contribution is 9.09. The van der Waals surface area contributed by atoms with E-state index < -0.39 is 127 Å². The Morgan fingerprint density at radius 2 is 0.913 bits per heavy atom. The zero-order valence-electron chi connectivity index (χ0n) is 57.1. The molecule has 6 fully saturated rings. The molecule has 0 spiro atoms. The molecular weight excluding hydrogens is 1310 g/mol. The number of hydrogen-bond donors (Lipinski definition) is 10. The molecule has 25 nitrogen and oxygen atoms in total. The van der Waals surface area contributed by atoms with Crippen LogP contribution in [0.15, 0.2) is 25.3 Å². The van der Waals surface area contributed by atoms with Gasteiger partial charge < -0.3 is 117 Å². The number of unbranched alkanes of at least 4 members (excludes halogenated alkanes) is 6. The van der Waals surface area contributed by atoms with Gasteiger partial charge in [-0.05, 0) is 140 Å². The fourth-order valence-electron chi connectivity index (χ4n) is 10.2. The molecule has 0 saturated carbocycles. The highest BCUT2D eigenvalue weighted by Crippen LogP contribution is 2.37. The number of carbonyl (C=O) groups is 1. The first-order valence-electron chi connectivity index (χ1n) is 32.3. The van der Waals surface area contributed by atoms with Crippen LogP contribution in [0, 0.1) is 0 Å². The van der Waals surface area contributed by atoms with E-state index in [2.05, 4.69) is 41.7 Å². The van der Waals surface area contributed by atoms with Crippen LogP contribution in [0.25, 0.3) is 0 Å². The zero-order chi connectivity index (χ0) is 69.5.